The number of rotatable bonds is 17. The van der Waals surface area contributed by atoms with Gasteiger partial charge in [-0.05, 0) is 6.42 Å². The van der Waals surface area contributed by atoms with Crippen LogP contribution in [-0.4, -0.2) is 45.4 Å². The molecule has 0 rings (SSSR count). The van der Waals surface area contributed by atoms with E-state index in [0.29, 0.717) is 6.42 Å². The fraction of sp³-hybridized carbons (Fsp3) is 1.00. The number of aliphatic hydroxyl groups is 3. The van der Waals surface area contributed by atoms with Gasteiger partial charge in [-0.1, -0.05) is 84.0 Å². The SMILES string of the molecule is CCCCCCCCCCCCCC[C@@H](O)[C@@H](O)[C@H](CO)NO. The van der Waals surface area contributed by atoms with Crippen LogP contribution in [-0.2, 0) is 0 Å². The molecule has 0 heterocycles. The van der Waals surface area contributed by atoms with Crippen LogP contribution in [0.2, 0.25) is 0 Å². The Hall–Kier alpha value is -0.200. The molecule has 5 nitrogen and oxygen atoms in total. The molecule has 0 fully saturated rings. The van der Waals surface area contributed by atoms with Crippen LogP contribution in [0.3, 0.4) is 0 Å². The zero-order chi connectivity index (χ0) is 17.3. The summed E-state index contributed by atoms with van der Waals surface area (Å²) in [7, 11) is 0. The van der Waals surface area contributed by atoms with Crippen molar-refractivity contribution in [3.63, 3.8) is 0 Å². The Morgan fingerprint density at radius 3 is 1.57 bits per heavy atom. The summed E-state index contributed by atoms with van der Waals surface area (Å²) in [5, 5.41) is 37.2. The topological polar surface area (TPSA) is 93.0 Å². The van der Waals surface area contributed by atoms with Gasteiger partial charge in [0.25, 0.3) is 0 Å². The lowest BCUT2D eigenvalue weighted by atomic mass is 10.00. The molecule has 140 valence electrons. The molecule has 0 aliphatic heterocycles. The van der Waals surface area contributed by atoms with Crippen molar-refractivity contribution in [3.8, 4) is 0 Å². The maximum atomic E-state index is 9.80. The Labute approximate surface area is 142 Å². The van der Waals surface area contributed by atoms with Gasteiger partial charge < -0.3 is 20.5 Å². The Balaban J connectivity index is 3.35. The zero-order valence-electron chi connectivity index (χ0n) is 14.9. The van der Waals surface area contributed by atoms with Crippen LogP contribution in [0.5, 0.6) is 0 Å². The number of nitrogens with one attached hydrogen (secondary N) is 1. The Bertz CT molecular complexity index is 237. The zero-order valence-corrected chi connectivity index (χ0v) is 14.9. The van der Waals surface area contributed by atoms with Crippen molar-refractivity contribution >= 4 is 0 Å². The number of aliphatic hydroxyl groups excluding tert-OH is 3. The molecule has 5 heteroatoms. The van der Waals surface area contributed by atoms with Gasteiger partial charge in [-0.25, -0.2) is 0 Å². The summed E-state index contributed by atoms with van der Waals surface area (Å²) in [4.78, 5) is 0. The third-order valence-corrected chi connectivity index (χ3v) is 4.52. The fourth-order valence-electron chi connectivity index (χ4n) is 2.86. The van der Waals surface area contributed by atoms with Crippen LogP contribution in [0.15, 0.2) is 0 Å². The highest BCUT2D eigenvalue weighted by Crippen LogP contribution is 2.14. The lowest BCUT2D eigenvalue weighted by Crippen LogP contribution is -2.47. The molecule has 0 aliphatic carbocycles. The molecular weight excluding hydrogens is 294 g/mol. The lowest BCUT2D eigenvalue weighted by Gasteiger charge is -2.24. The predicted molar refractivity (Wildman–Crippen MR) is 93.5 cm³/mol. The van der Waals surface area contributed by atoms with E-state index < -0.39 is 24.9 Å². The van der Waals surface area contributed by atoms with Crippen molar-refractivity contribution in [1.82, 2.24) is 5.48 Å². The van der Waals surface area contributed by atoms with Gasteiger partial charge in [0.2, 0.25) is 0 Å². The maximum Gasteiger partial charge on any atom is 0.0996 e. The molecule has 3 atom stereocenters. The maximum absolute atomic E-state index is 9.80. The fourth-order valence-corrected chi connectivity index (χ4v) is 2.86. The van der Waals surface area contributed by atoms with Crippen molar-refractivity contribution in [2.75, 3.05) is 6.61 Å². The van der Waals surface area contributed by atoms with Crippen LogP contribution in [0.1, 0.15) is 90.4 Å². The Kier molecular flexibility index (Phi) is 16.5. The van der Waals surface area contributed by atoms with Crippen LogP contribution in [0, 0.1) is 0 Å². The molecule has 0 aromatic rings. The van der Waals surface area contributed by atoms with Crippen molar-refractivity contribution in [3.05, 3.63) is 0 Å². The smallest absolute Gasteiger partial charge is 0.0996 e. The molecule has 0 spiro atoms. The van der Waals surface area contributed by atoms with E-state index in [0.717, 1.165) is 12.8 Å². The molecule has 0 unspecified atom stereocenters. The molecule has 5 N–H and O–H groups in total. The van der Waals surface area contributed by atoms with E-state index in [-0.39, 0.29) is 0 Å². The molecule has 0 amide bonds. The standard InChI is InChI=1S/C18H39NO4/c1-2-3-4-5-6-7-8-9-10-11-12-13-14-17(21)18(22)16(15-20)19-23/h16-23H,2-15H2,1H3/t16-,17+,18-/m0/s1. The number of hydrogen-bond donors (Lipinski definition) is 5. The Morgan fingerprint density at radius 2 is 1.17 bits per heavy atom. The molecular formula is C18H39NO4. The minimum atomic E-state index is -1.14. The van der Waals surface area contributed by atoms with Gasteiger partial charge in [0.1, 0.15) is 0 Å². The van der Waals surface area contributed by atoms with Crippen LogP contribution in [0.25, 0.3) is 0 Å². The highest BCUT2D eigenvalue weighted by atomic mass is 16.5. The minimum Gasteiger partial charge on any atom is -0.395 e. The first-order chi connectivity index (χ1) is 11.2. The molecule has 23 heavy (non-hydrogen) atoms. The quantitative estimate of drug-likeness (QED) is 0.208. The van der Waals surface area contributed by atoms with Gasteiger partial charge in [-0.2, -0.15) is 5.48 Å². The molecule has 0 saturated carbocycles. The van der Waals surface area contributed by atoms with E-state index >= 15 is 0 Å². The van der Waals surface area contributed by atoms with Gasteiger partial charge in [0.05, 0.1) is 24.9 Å². The van der Waals surface area contributed by atoms with Gasteiger partial charge in [-0.3, -0.25) is 0 Å². The number of hydrogen-bond acceptors (Lipinski definition) is 5. The summed E-state index contributed by atoms with van der Waals surface area (Å²) in [5.41, 5.74) is 1.82. The lowest BCUT2D eigenvalue weighted by molar-refractivity contribution is -0.0536. The van der Waals surface area contributed by atoms with Gasteiger partial charge >= 0.3 is 0 Å². The first-order valence-electron chi connectivity index (χ1n) is 9.54. The largest absolute Gasteiger partial charge is 0.395 e. The van der Waals surface area contributed by atoms with Crippen molar-refractivity contribution in [2.24, 2.45) is 0 Å². The molecule has 0 aromatic carbocycles. The summed E-state index contributed by atoms with van der Waals surface area (Å²) in [5.74, 6) is 0. The molecule has 0 saturated heterocycles. The van der Waals surface area contributed by atoms with E-state index in [9.17, 15) is 10.2 Å². The number of hydroxylamine groups is 1. The van der Waals surface area contributed by atoms with E-state index in [1.54, 1.807) is 0 Å². The van der Waals surface area contributed by atoms with Gasteiger partial charge in [0.15, 0.2) is 0 Å². The van der Waals surface area contributed by atoms with E-state index in [1.807, 2.05) is 5.48 Å². The van der Waals surface area contributed by atoms with E-state index in [4.69, 9.17) is 10.3 Å². The van der Waals surface area contributed by atoms with Crippen molar-refractivity contribution < 1.29 is 20.5 Å². The van der Waals surface area contributed by atoms with Crippen LogP contribution in [0.4, 0.5) is 0 Å². The monoisotopic (exact) mass is 333 g/mol. The average Bonchev–Trinajstić information content (AvgIpc) is 2.56. The second-order valence-electron chi connectivity index (χ2n) is 6.65. The van der Waals surface area contributed by atoms with E-state index in [1.165, 1.54) is 64.2 Å². The van der Waals surface area contributed by atoms with Crippen molar-refractivity contribution in [2.45, 2.75) is 109 Å². The third-order valence-electron chi connectivity index (χ3n) is 4.52. The summed E-state index contributed by atoms with van der Waals surface area (Å²) < 4.78 is 0. The average molecular weight is 334 g/mol. The molecule has 0 aliphatic rings. The highest BCUT2D eigenvalue weighted by molar-refractivity contribution is 4.78. The van der Waals surface area contributed by atoms with Crippen LogP contribution >= 0.6 is 0 Å². The third kappa shape index (κ3) is 12.8. The molecule has 0 aromatic heterocycles. The number of unbranched alkanes of at least 4 members (excludes halogenated alkanes) is 11. The van der Waals surface area contributed by atoms with Gasteiger partial charge in [0, 0.05) is 0 Å². The summed E-state index contributed by atoms with van der Waals surface area (Å²) in [6.45, 7) is 1.83. The highest BCUT2D eigenvalue weighted by Gasteiger charge is 2.24. The summed E-state index contributed by atoms with van der Waals surface area (Å²) in [6.07, 6.45) is 13.6. The molecule has 0 radical (unpaired) electrons. The summed E-state index contributed by atoms with van der Waals surface area (Å²) in [6, 6.07) is -0.887. The summed E-state index contributed by atoms with van der Waals surface area (Å²) >= 11 is 0. The van der Waals surface area contributed by atoms with Crippen LogP contribution < -0.4 is 5.48 Å². The van der Waals surface area contributed by atoms with Crippen molar-refractivity contribution in [1.29, 1.82) is 0 Å². The second-order valence-corrected chi connectivity index (χ2v) is 6.65. The van der Waals surface area contributed by atoms with E-state index in [2.05, 4.69) is 6.92 Å². The Morgan fingerprint density at radius 1 is 0.739 bits per heavy atom. The minimum absolute atomic E-state index is 0.410. The normalized spacial score (nSPS) is 15.5. The predicted octanol–water partition coefficient (Wildman–Crippen LogP) is 3.14. The second kappa shape index (κ2) is 16.7. The molecule has 0 bridgehead atoms. The first-order valence-corrected chi connectivity index (χ1v) is 9.54. The first kappa shape index (κ1) is 22.8. The van der Waals surface area contributed by atoms with Gasteiger partial charge in [-0.15, -0.1) is 0 Å².